The number of furan rings is 1. The van der Waals surface area contributed by atoms with Crippen molar-refractivity contribution in [2.45, 2.75) is 18.6 Å². The second kappa shape index (κ2) is 5.87. The standard InChI is InChI=1S/C13H15ClN2O3S/c1-9-3-5-11(14)12(7-9)16-8-10-4-6-13(19-10)20(17,18)15-2/h3-7,15-16H,8H2,1-2H3. The lowest BCUT2D eigenvalue weighted by Gasteiger charge is -2.07. The van der Waals surface area contributed by atoms with Gasteiger partial charge in [0.1, 0.15) is 5.76 Å². The summed E-state index contributed by atoms with van der Waals surface area (Å²) in [5.74, 6) is 0.511. The Bertz CT molecular complexity index is 710. The minimum absolute atomic E-state index is 0.105. The lowest BCUT2D eigenvalue weighted by Crippen LogP contribution is -2.17. The fourth-order valence-electron chi connectivity index (χ4n) is 1.66. The van der Waals surface area contributed by atoms with Crippen molar-refractivity contribution in [1.29, 1.82) is 0 Å². The van der Waals surface area contributed by atoms with Gasteiger partial charge in [-0.3, -0.25) is 0 Å². The number of anilines is 1. The van der Waals surface area contributed by atoms with Crippen LogP contribution in [0.5, 0.6) is 0 Å². The van der Waals surface area contributed by atoms with Crippen LogP contribution in [-0.4, -0.2) is 15.5 Å². The Balaban J connectivity index is 2.10. The zero-order chi connectivity index (χ0) is 14.8. The molecule has 1 aromatic heterocycles. The highest BCUT2D eigenvalue weighted by molar-refractivity contribution is 7.89. The van der Waals surface area contributed by atoms with E-state index in [0.29, 0.717) is 17.3 Å². The van der Waals surface area contributed by atoms with Gasteiger partial charge in [-0.2, -0.15) is 0 Å². The van der Waals surface area contributed by atoms with Crippen molar-refractivity contribution in [3.05, 3.63) is 46.7 Å². The second-order valence-electron chi connectivity index (χ2n) is 4.27. The van der Waals surface area contributed by atoms with Crippen LogP contribution in [-0.2, 0) is 16.6 Å². The molecule has 108 valence electrons. The van der Waals surface area contributed by atoms with Crippen LogP contribution in [0.4, 0.5) is 5.69 Å². The number of aryl methyl sites for hydroxylation is 1. The monoisotopic (exact) mass is 314 g/mol. The molecule has 0 aliphatic rings. The summed E-state index contributed by atoms with van der Waals surface area (Å²) in [5, 5.41) is 3.61. The second-order valence-corrected chi connectivity index (χ2v) is 6.49. The van der Waals surface area contributed by atoms with E-state index in [4.69, 9.17) is 16.0 Å². The molecule has 0 aliphatic carbocycles. The first-order chi connectivity index (χ1) is 9.42. The predicted molar refractivity (Wildman–Crippen MR) is 78.5 cm³/mol. The minimum Gasteiger partial charge on any atom is -0.446 e. The normalized spacial score (nSPS) is 11.6. The quantitative estimate of drug-likeness (QED) is 0.890. The van der Waals surface area contributed by atoms with Crippen molar-refractivity contribution in [2.24, 2.45) is 0 Å². The van der Waals surface area contributed by atoms with Crippen LogP contribution < -0.4 is 10.0 Å². The maximum absolute atomic E-state index is 11.5. The number of rotatable bonds is 5. The Morgan fingerprint density at radius 2 is 2.00 bits per heavy atom. The average molecular weight is 315 g/mol. The zero-order valence-electron chi connectivity index (χ0n) is 11.1. The Labute approximate surface area is 123 Å². The van der Waals surface area contributed by atoms with Gasteiger partial charge < -0.3 is 9.73 Å². The lowest BCUT2D eigenvalue weighted by atomic mass is 10.2. The molecular formula is C13H15ClN2O3S. The summed E-state index contributed by atoms with van der Waals surface area (Å²) in [6, 6.07) is 8.66. The molecular weight excluding hydrogens is 300 g/mol. The highest BCUT2D eigenvalue weighted by Crippen LogP contribution is 2.23. The topological polar surface area (TPSA) is 71.3 Å². The van der Waals surface area contributed by atoms with Gasteiger partial charge in [0.25, 0.3) is 10.0 Å². The summed E-state index contributed by atoms with van der Waals surface area (Å²) in [6.45, 7) is 2.31. The van der Waals surface area contributed by atoms with Crippen molar-refractivity contribution in [3.63, 3.8) is 0 Å². The zero-order valence-corrected chi connectivity index (χ0v) is 12.7. The fraction of sp³-hybridized carbons (Fsp3) is 0.231. The van der Waals surface area contributed by atoms with Gasteiger partial charge in [0.2, 0.25) is 5.09 Å². The van der Waals surface area contributed by atoms with E-state index >= 15 is 0 Å². The fourth-order valence-corrected chi connectivity index (χ4v) is 2.50. The number of halogens is 1. The van der Waals surface area contributed by atoms with Gasteiger partial charge in [-0.05, 0) is 43.8 Å². The van der Waals surface area contributed by atoms with Crippen LogP contribution in [0.25, 0.3) is 0 Å². The summed E-state index contributed by atoms with van der Waals surface area (Å²) < 4.78 is 30.6. The van der Waals surface area contributed by atoms with Gasteiger partial charge in [-0.15, -0.1) is 0 Å². The molecule has 0 aliphatic heterocycles. The third-order valence-corrected chi connectivity index (χ3v) is 4.36. The summed E-state index contributed by atoms with van der Waals surface area (Å²) >= 11 is 6.06. The number of benzene rings is 1. The van der Waals surface area contributed by atoms with Gasteiger partial charge in [-0.1, -0.05) is 17.7 Å². The minimum atomic E-state index is -3.55. The van der Waals surface area contributed by atoms with E-state index in [1.807, 2.05) is 19.1 Å². The molecule has 7 heteroatoms. The third kappa shape index (κ3) is 3.33. The maximum Gasteiger partial charge on any atom is 0.273 e. The van der Waals surface area contributed by atoms with Crippen LogP contribution in [0.3, 0.4) is 0 Å². The molecule has 0 fully saturated rings. The molecule has 0 amide bonds. The third-order valence-electron chi connectivity index (χ3n) is 2.75. The van der Waals surface area contributed by atoms with Crippen LogP contribution in [0.2, 0.25) is 5.02 Å². The van der Waals surface area contributed by atoms with E-state index in [0.717, 1.165) is 11.3 Å². The Morgan fingerprint density at radius 1 is 1.25 bits per heavy atom. The van der Waals surface area contributed by atoms with E-state index < -0.39 is 10.0 Å². The molecule has 0 spiro atoms. The largest absolute Gasteiger partial charge is 0.446 e. The van der Waals surface area contributed by atoms with Crippen LogP contribution in [0.1, 0.15) is 11.3 Å². The molecule has 2 aromatic rings. The Hall–Kier alpha value is -1.50. The van der Waals surface area contributed by atoms with Gasteiger partial charge in [0.15, 0.2) is 0 Å². The van der Waals surface area contributed by atoms with Crippen LogP contribution in [0, 0.1) is 6.92 Å². The van der Waals surface area contributed by atoms with E-state index in [9.17, 15) is 8.42 Å². The molecule has 0 unspecified atom stereocenters. The SMILES string of the molecule is CNS(=O)(=O)c1ccc(CNc2cc(C)ccc2Cl)o1. The smallest absolute Gasteiger partial charge is 0.273 e. The molecule has 0 bridgehead atoms. The van der Waals surface area contributed by atoms with Gasteiger partial charge >= 0.3 is 0 Å². The molecule has 1 aromatic carbocycles. The molecule has 20 heavy (non-hydrogen) atoms. The molecule has 5 nitrogen and oxygen atoms in total. The van der Waals surface area contributed by atoms with Crippen LogP contribution in [0.15, 0.2) is 39.8 Å². The number of sulfonamides is 1. The molecule has 2 rings (SSSR count). The molecule has 0 saturated carbocycles. The van der Waals surface area contributed by atoms with Gasteiger partial charge in [-0.25, -0.2) is 13.1 Å². The lowest BCUT2D eigenvalue weighted by molar-refractivity contribution is 0.417. The van der Waals surface area contributed by atoms with Gasteiger partial charge in [0, 0.05) is 0 Å². The first-order valence-corrected chi connectivity index (χ1v) is 7.81. The molecule has 0 saturated heterocycles. The number of hydrogen-bond acceptors (Lipinski definition) is 4. The van der Waals surface area contributed by atoms with Crippen molar-refractivity contribution < 1.29 is 12.8 Å². The van der Waals surface area contributed by atoms with Crippen molar-refractivity contribution in [2.75, 3.05) is 12.4 Å². The van der Waals surface area contributed by atoms with Gasteiger partial charge in [0.05, 0.1) is 17.3 Å². The highest BCUT2D eigenvalue weighted by Gasteiger charge is 2.16. The van der Waals surface area contributed by atoms with Crippen molar-refractivity contribution in [1.82, 2.24) is 4.72 Å². The first-order valence-electron chi connectivity index (χ1n) is 5.94. The van der Waals surface area contributed by atoms with Crippen LogP contribution >= 0.6 is 11.6 Å². The molecule has 1 heterocycles. The van der Waals surface area contributed by atoms with Crippen molar-refractivity contribution >= 4 is 27.3 Å². The summed E-state index contributed by atoms with van der Waals surface area (Å²) in [5.41, 5.74) is 1.86. The molecule has 0 atom stereocenters. The van der Waals surface area contributed by atoms with E-state index in [1.165, 1.54) is 13.1 Å². The molecule has 2 N–H and O–H groups in total. The van der Waals surface area contributed by atoms with E-state index in [1.54, 1.807) is 12.1 Å². The summed E-state index contributed by atoms with van der Waals surface area (Å²) in [7, 11) is -2.21. The number of hydrogen-bond donors (Lipinski definition) is 2. The molecule has 0 radical (unpaired) electrons. The predicted octanol–water partition coefficient (Wildman–Crippen LogP) is 2.76. The Morgan fingerprint density at radius 3 is 2.70 bits per heavy atom. The summed E-state index contributed by atoms with van der Waals surface area (Å²) in [4.78, 5) is 0. The average Bonchev–Trinajstić information content (AvgIpc) is 2.89. The summed E-state index contributed by atoms with van der Waals surface area (Å²) in [6.07, 6.45) is 0. The highest BCUT2D eigenvalue weighted by atomic mass is 35.5. The van der Waals surface area contributed by atoms with Crippen molar-refractivity contribution in [3.8, 4) is 0 Å². The first kappa shape index (κ1) is 14.9. The van der Waals surface area contributed by atoms with E-state index in [2.05, 4.69) is 10.0 Å². The maximum atomic E-state index is 11.5. The number of nitrogens with one attached hydrogen (secondary N) is 2. The Kier molecular flexibility index (Phi) is 4.37. The van der Waals surface area contributed by atoms with E-state index in [-0.39, 0.29) is 5.09 Å².